The number of hydrogen-bond acceptors (Lipinski definition) is 3. The number of aliphatic carboxylic acids is 1. The first-order chi connectivity index (χ1) is 4.57. The molecule has 0 saturated carbocycles. The molecule has 0 aromatic carbocycles. The number of rotatable bonds is 2. The smallest absolute Gasteiger partial charge is 0.244 e. The van der Waals surface area contributed by atoms with E-state index >= 15 is 0 Å². The number of carbonyl (C=O) groups is 2. The van der Waals surface area contributed by atoms with Crippen LogP contribution in [0.15, 0.2) is 11.6 Å². The third-order valence-electron chi connectivity index (χ3n) is 0.916. The minimum atomic E-state index is -1.33. The van der Waals surface area contributed by atoms with Gasteiger partial charge in [-0.25, -0.2) is 0 Å². The van der Waals surface area contributed by atoms with Crippen molar-refractivity contribution in [2.24, 2.45) is 0 Å². The van der Waals surface area contributed by atoms with Gasteiger partial charge in [0.1, 0.15) is 0 Å². The third kappa shape index (κ3) is 2.86. The van der Waals surface area contributed by atoms with Crippen molar-refractivity contribution in [3.05, 3.63) is 11.6 Å². The molecule has 1 amide bonds. The maximum Gasteiger partial charge on any atom is 0.244 e. The van der Waals surface area contributed by atoms with Crippen molar-refractivity contribution in [2.45, 2.75) is 6.92 Å². The fourth-order valence-corrected chi connectivity index (χ4v) is 0.328. The Bertz CT molecular complexity index is 183. The molecular formula is C6H8NO3-. The van der Waals surface area contributed by atoms with Crippen LogP contribution in [0.4, 0.5) is 0 Å². The topological polar surface area (TPSA) is 69.2 Å². The summed E-state index contributed by atoms with van der Waals surface area (Å²) in [5, 5.41) is 12.2. The molecule has 0 unspecified atom stereocenters. The highest BCUT2D eigenvalue weighted by atomic mass is 16.4. The number of carbonyl (C=O) groups excluding carboxylic acids is 2. The zero-order valence-electron chi connectivity index (χ0n) is 5.80. The quantitative estimate of drug-likeness (QED) is 0.473. The lowest BCUT2D eigenvalue weighted by Gasteiger charge is -1.99. The first-order valence-electron chi connectivity index (χ1n) is 2.69. The maximum atomic E-state index is 10.4. The molecule has 0 aliphatic rings. The molecular weight excluding hydrogens is 134 g/mol. The number of carboxylic acids is 1. The number of nitrogens with one attached hydrogen (secondary N) is 1. The number of carboxylic acid groups (broad SMARTS) is 1. The molecule has 0 radical (unpaired) electrons. The van der Waals surface area contributed by atoms with Crippen molar-refractivity contribution in [2.75, 3.05) is 7.05 Å². The molecule has 1 N–H and O–H groups in total. The summed E-state index contributed by atoms with van der Waals surface area (Å²) in [4.78, 5) is 20.4. The molecule has 4 heteroatoms. The molecule has 56 valence electrons. The zero-order chi connectivity index (χ0) is 8.15. The lowest BCUT2D eigenvalue weighted by atomic mass is 10.3. The van der Waals surface area contributed by atoms with Crippen molar-refractivity contribution in [3.63, 3.8) is 0 Å². The van der Waals surface area contributed by atoms with E-state index in [1.807, 2.05) is 0 Å². The van der Waals surface area contributed by atoms with Crippen molar-refractivity contribution < 1.29 is 14.7 Å². The van der Waals surface area contributed by atoms with Crippen LogP contribution < -0.4 is 10.4 Å². The summed E-state index contributed by atoms with van der Waals surface area (Å²) >= 11 is 0. The number of hydrogen-bond donors (Lipinski definition) is 1. The van der Waals surface area contributed by atoms with Crippen molar-refractivity contribution in [3.8, 4) is 0 Å². The Morgan fingerprint density at radius 1 is 1.50 bits per heavy atom. The molecule has 0 heterocycles. The molecule has 4 nitrogen and oxygen atoms in total. The number of likely N-dealkylation sites (N-methyl/N-ethyl adjacent to an activating group) is 1. The fourth-order valence-electron chi connectivity index (χ4n) is 0.328. The average Bonchev–Trinajstić information content (AvgIpc) is 1.87. The van der Waals surface area contributed by atoms with Gasteiger partial charge in [0.25, 0.3) is 0 Å². The van der Waals surface area contributed by atoms with Crippen molar-refractivity contribution >= 4 is 11.9 Å². The van der Waals surface area contributed by atoms with Crippen molar-refractivity contribution in [1.29, 1.82) is 0 Å². The van der Waals surface area contributed by atoms with Gasteiger partial charge in [-0.15, -0.1) is 0 Å². The summed E-state index contributed by atoms with van der Waals surface area (Å²) in [6.07, 6.45) is 0.968. The van der Waals surface area contributed by atoms with E-state index in [2.05, 4.69) is 5.32 Å². The summed E-state index contributed by atoms with van der Waals surface area (Å²) in [5.74, 6) is -1.77. The summed E-state index contributed by atoms with van der Waals surface area (Å²) in [6.45, 7) is 1.30. The summed E-state index contributed by atoms with van der Waals surface area (Å²) in [5.41, 5.74) is -0.0839. The minimum absolute atomic E-state index is 0.0839. The zero-order valence-corrected chi connectivity index (χ0v) is 5.80. The van der Waals surface area contributed by atoms with Gasteiger partial charge in [-0.1, -0.05) is 0 Å². The monoisotopic (exact) mass is 142 g/mol. The predicted octanol–water partition coefficient (Wildman–Crippen LogP) is -1.57. The Labute approximate surface area is 58.5 Å². The highest BCUT2D eigenvalue weighted by molar-refractivity contribution is 5.96. The molecule has 0 aromatic heterocycles. The Morgan fingerprint density at radius 3 is 2.30 bits per heavy atom. The second-order valence-corrected chi connectivity index (χ2v) is 1.73. The van der Waals surface area contributed by atoms with Gasteiger partial charge in [0, 0.05) is 13.1 Å². The van der Waals surface area contributed by atoms with E-state index in [1.165, 1.54) is 14.0 Å². The van der Waals surface area contributed by atoms with Crippen LogP contribution in [0.25, 0.3) is 0 Å². The van der Waals surface area contributed by atoms with Gasteiger partial charge in [0.15, 0.2) is 0 Å². The molecule has 0 aromatic rings. The van der Waals surface area contributed by atoms with Gasteiger partial charge in [-0.3, -0.25) is 4.79 Å². The third-order valence-corrected chi connectivity index (χ3v) is 0.916. The largest absolute Gasteiger partial charge is 0.545 e. The minimum Gasteiger partial charge on any atom is -0.545 e. The van der Waals surface area contributed by atoms with Crippen LogP contribution >= 0.6 is 0 Å². The van der Waals surface area contributed by atoms with Crippen LogP contribution in [0.2, 0.25) is 0 Å². The van der Waals surface area contributed by atoms with E-state index in [0.29, 0.717) is 0 Å². The van der Waals surface area contributed by atoms with E-state index in [4.69, 9.17) is 0 Å². The van der Waals surface area contributed by atoms with Gasteiger partial charge in [0.2, 0.25) is 5.91 Å². The average molecular weight is 142 g/mol. The summed E-state index contributed by atoms with van der Waals surface area (Å²) < 4.78 is 0. The van der Waals surface area contributed by atoms with Crippen LogP contribution in [0, 0.1) is 0 Å². The molecule has 0 aliphatic carbocycles. The van der Waals surface area contributed by atoms with E-state index in [1.54, 1.807) is 0 Å². The maximum absolute atomic E-state index is 10.4. The Morgan fingerprint density at radius 2 is 2.00 bits per heavy atom. The van der Waals surface area contributed by atoms with E-state index in [0.717, 1.165) is 6.08 Å². The normalized spacial score (nSPS) is 10.8. The second-order valence-electron chi connectivity index (χ2n) is 1.73. The standard InChI is InChI=1S/C6H9NO3/c1-4(6(9)10)3-5(8)7-2/h3H,1-2H3,(H,7,8)(H,9,10)/p-1/b4-3+. The second kappa shape index (κ2) is 3.66. The molecule has 0 rings (SSSR count). The van der Waals surface area contributed by atoms with Crippen LogP contribution in [0.3, 0.4) is 0 Å². The first kappa shape index (κ1) is 8.68. The molecule has 0 saturated heterocycles. The molecule has 0 fully saturated rings. The van der Waals surface area contributed by atoms with E-state index < -0.39 is 11.9 Å². The lowest BCUT2D eigenvalue weighted by Crippen LogP contribution is -2.25. The summed E-state index contributed by atoms with van der Waals surface area (Å²) in [6, 6.07) is 0. The highest BCUT2D eigenvalue weighted by Gasteiger charge is 1.93. The highest BCUT2D eigenvalue weighted by Crippen LogP contribution is 1.87. The Hall–Kier alpha value is -1.32. The van der Waals surface area contributed by atoms with Crippen LogP contribution in [-0.2, 0) is 9.59 Å². The molecule has 0 atom stereocenters. The fraction of sp³-hybridized carbons (Fsp3) is 0.333. The van der Waals surface area contributed by atoms with Gasteiger partial charge in [0.05, 0.1) is 5.97 Å². The molecule has 0 aliphatic heterocycles. The van der Waals surface area contributed by atoms with E-state index in [9.17, 15) is 14.7 Å². The Kier molecular flexibility index (Phi) is 3.17. The lowest BCUT2D eigenvalue weighted by molar-refractivity contribution is -0.299. The first-order valence-corrected chi connectivity index (χ1v) is 2.69. The van der Waals surface area contributed by atoms with Gasteiger partial charge in [-0.2, -0.15) is 0 Å². The van der Waals surface area contributed by atoms with Crippen LogP contribution in [-0.4, -0.2) is 18.9 Å². The van der Waals surface area contributed by atoms with Crippen LogP contribution in [0.1, 0.15) is 6.92 Å². The summed E-state index contributed by atoms with van der Waals surface area (Å²) in [7, 11) is 1.42. The van der Waals surface area contributed by atoms with E-state index in [-0.39, 0.29) is 5.57 Å². The van der Waals surface area contributed by atoms with Gasteiger partial charge < -0.3 is 15.2 Å². The predicted molar refractivity (Wildman–Crippen MR) is 32.8 cm³/mol. The number of amides is 1. The molecule has 10 heavy (non-hydrogen) atoms. The molecule has 0 bridgehead atoms. The van der Waals surface area contributed by atoms with Crippen molar-refractivity contribution in [1.82, 2.24) is 5.32 Å². The molecule has 0 spiro atoms. The van der Waals surface area contributed by atoms with Gasteiger partial charge >= 0.3 is 0 Å². The van der Waals surface area contributed by atoms with Gasteiger partial charge in [-0.05, 0) is 12.5 Å². The Balaban J connectivity index is 4.16. The SMILES string of the molecule is CNC(=O)/C=C(\C)C(=O)[O-]. The van der Waals surface area contributed by atoms with Crippen LogP contribution in [0.5, 0.6) is 0 Å².